The number of ether oxygens (including phenoxy) is 4. The van der Waals surface area contributed by atoms with E-state index in [1.807, 2.05) is 37.3 Å². The maximum absolute atomic E-state index is 12.8. The number of rotatable bonds is 15. The number of nitrogens with one attached hydrogen (secondary N) is 1. The molecule has 0 heterocycles. The SMILES string of the molecule is COCCOc1ccc(Cl)c(CNC(=O)C(CN)Cc2ccc(OCCOc3c(Cl)cc(C)cc3Cl)cc2)c1. The Labute approximate surface area is 244 Å². The van der Waals surface area contributed by atoms with Gasteiger partial charge in [0.2, 0.25) is 5.91 Å². The highest BCUT2D eigenvalue weighted by molar-refractivity contribution is 6.37. The summed E-state index contributed by atoms with van der Waals surface area (Å²) in [6, 6.07) is 16.5. The fourth-order valence-electron chi connectivity index (χ4n) is 3.76. The Morgan fingerprint density at radius 1 is 0.846 bits per heavy atom. The van der Waals surface area contributed by atoms with Crippen molar-refractivity contribution in [3.63, 3.8) is 0 Å². The molecule has 0 saturated heterocycles. The molecule has 39 heavy (non-hydrogen) atoms. The van der Waals surface area contributed by atoms with Gasteiger partial charge in [0.05, 0.1) is 22.6 Å². The fraction of sp³-hybridized carbons (Fsp3) is 0.345. The predicted octanol–water partition coefficient (Wildman–Crippen LogP) is 5.87. The molecular formula is C29H33Cl3N2O5. The van der Waals surface area contributed by atoms with E-state index in [9.17, 15) is 4.79 Å². The van der Waals surface area contributed by atoms with Crippen LogP contribution < -0.4 is 25.3 Å². The van der Waals surface area contributed by atoms with Gasteiger partial charge in [-0.3, -0.25) is 4.79 Å². The van der Waals surface area contributed by atoms with Gasteiger partial charge >= 0.3 is 0 Å². The highest BCUT2D eigenvalue weighted by Crippen LogP contribution is 2.34. The molecular weight excluding hydrogens is 563 g/mol. The van der Waals surface area contributed by atoms with Gasteiger partial charge in [-0.25, -0.2) is 0 Å². The number of carbonyl (C=O) groups excluding carboxylic acids is 1. The van der Waals surface area contributed by atoms with Crippen LogP contribution in [0, 0.1) is 12.8 Å². The van der Waals surface area contributed by atoms with Gasteiger partial charge in [-0.2, -0.15) is 0 Å². The van der Waals surface area contributed by atoms with E-state index >= 15 is 0 Å². The van der Waals surface area contributed by atoms with Crippen LogP contribution in [0.3, 0.4) is 0 Å². The largest absolute Gasteiger partial charge is 0.491 e. The summed E-state index contributed by atoms with van der Waals surface area (Å²) in [5.41, 5.74) is 8.61. The molecule has 3 aromatic carbocycles. The van der Waals surface area contributed by atoms with Crippen LogP contribution in [0.1, 0.15) is 16.7 Å². The lowest BCUT2D eigenvalue weighted by atomic mass is 9.98. The Morgan fingerprint density at radius 2 is 1.46 bits per heavy atom. The summed E-state index contributed by atoms with van der Waals surface area (Å²) in [6.07, 6.45) is 0.490. The van der Waals surface area contributed by atoms with Crippen molar-refractivity contribution in [1.29, 1.82) is 0 Å². The Balaban J connectivity index is 1.46. The normalized spacial score (nSPS) is 11.6. The first-order valence-corrected chi connectivity index (χ1v) is 13.6. The molecule has 1 unspecified atom stereocenters. The van der Waals surface area contributed by atoms with E-state index in [2.05, 4.69) is 5.32 Å². The number of nitrogens with two attached hydrogens (primary N) is 1. The molecule has 0 saturated carbocycles. The van der Waals surface area contributed by atoms with Crippen molar-refractivity contribution < 1.29 is 23.7 Å². The number of aryl methyl sites for hydroxylation is 1. The minimum atomic E-state index is -0.394. The number of benzene rings is 3. The zero-order chi connectivity index (χ0) is 28.2. The lowest BCUT2D eigenvalue weighted by molar-refractivity contribution is -0.124. The van der Waals surface area contributed by atoms with Crippen molar-refractivity contribution in [2.45, 2.75) is 19.9 Å². The maximum atomic E-state index is 12.8. The van der Waals surface area contributed by atoms with Gasteiger partial charge in [-0.15, -0.1) is 0 Å². The van der Waals surface area contributed by atoms with E-state index < -0.39 is 5.92 Å². The number of halogens is 3. The molecule has 7 nitrogen and oxygen atoms in total. The highest BCUT2D eigenvalue weighted by Gasteiger charge is 2.18. The molecule has 0 aliphatic carbocycles. The van der Waals surface area contributed by atoms with Gasteiger partial charge < -0.3 is 30.0 Å². The van der Waals surface area contributed by atoms with Crippen LogP contribution in [0.15, 0.2) is 54.6 Å². The number of carbonyl (C=O) groups is 1. The number of hydrogen-bond acceptors (Lipinski definition) is 6. The van der Waals surface area contributed by atoms with Gasteiger partial charge in [0.15, 0.2) is 5.75 Å². The molecule has 0 aromatic heterocycles. The first-order chi connectivity index (χ1) is 18.8. The predicted molar refractivity (Wildman–Crippen MR) is 156 cm³/mol. The molecule has 10 heteroatoms. The van der Waals surface area contributed by atoms with E-state index in [0.29, 0.717) is 58.6 Å². The molecule has 3 rings (SSSR count). The smallest absolute Gasteiger partial charge is 0.224 e. The second-order valence-electron chi connectivity index (χ2n) is 8.85. The van der Waals surface area contributed by atoms with Crippen molar-refractivity contribution in [2.75, 3.05) is 40.1 Å². The summed E-state index contributed by atoms with van der Waals surface area (Å²) in [6.45, 7) is 3.89. The van der Waals surface area contributed by atoms with Crippen molar-refractivity contribution in [3.05, 3.63) is 86.4 Å². The van der Waals surface area contributed by atoms with Crippen LogP contribution in [0.2, 0.25) is 15.1 Å². The summed E-state index contributed by atoms with van der Waals surface area (Å²) < 4.78 is 22.1. The van der Waals surface area contributed by atoms with Gasteiger partial charge in [0.1, 0.15) is 31.3 Å². The topological polar surface area (TPSA) is 92.0 Å². The molecule has 0 aliphatic rings. The van der Waals surface area contributed by atoms with E-state index in [-0.39, 0.29) is 25.6 Å². The fourth-order valence-corrected chi connectivity index (χ4v) is 4.65. The van der Waals surface area contributed by atoms with Crippen LogP contribution in [0.25, 0.3) is 0 Å². The van der Waals surface area contributed by atoms with E-state index in [0.717, 1.165) is 16.7 Å². The lowest BCUT2D eigenvalue weighted by Gasteiger charge is -2.16. The van der Waals surface area contributed by atoms with Crippen molar-refractivity contribution >= 4 is 40.7 Å². The molecule has 1 amide bonds. The lowest BCUT2D eigenvalue weighted by Crippen LogP contribution is -2.36. The van der Waals surface area contributed by atoms with Crippen LogP contribution in [0.4, 0.5) is 0 Å². The zero-order valence-corrected chi connectivity index (χ0v) is 24.2. The third-order valence-corrected chi connectivity index (χ3v) is 6.76. The van der Waals surface area contributed by atoms with Gasteiger partial charge in [-0.05, 0) is 72.5 Å². The standard InChI is InChI=1S/C29H33Cl3N2O5/c1-19-13-26(31)28(27(32)14-19)39-12-11-37-23-5-3-20(4-6-23)15-21(17-33)29(35)34-18-22-16-24(7-8-25(22)30)38-10-9-36-2/h3-8,13-14,16,21H,9-12,15,17-18,33H2,1-2H3,(H,34,35). The zero-order valence-electron chi connectivity index (χ0n) is 22.0. The summed E-state index contributed by atoms with van der Waals surface area (Å²) in [4.78, 5) is 12.8. The Hall–Kier alpha value is -2.68. The van der Waals surface area contributed by atoms with Crippen LogP contribution in [0.5, 0.6) is 17.2 Å². The second kappa shape index (κ2) is 15.8. The summed E-state index contributed by atoms with van der Waals surface area (Å²) in [7, 11) is 1.61. The molecule has 210 valence electrons. The molecule has 0 radical (unpaired) electrons. The minimum Gasteiger partial charge on any atom is -0.491 e. The minimum absolute atomic E-state index is 0.148. The van der Waals surface area contributed by atoms with E-state index in [1.165, 1.54) is 0 Å². The third kappa shape index (κ3) is 9.78. The quantitative estimate of drug-likeness (QED) is 0.214. The van der Waals surface area contributed by atoms with Crippen LogP contribution in [-0.4, -0.2) is 46.0 Å². The summed E-state index contributed by atoms with van der Waals surface area (Å²) >= 11 is 18.7. The molecule has 0 aliphatic heterocycles. The number of amides is 1. The Bertz CT molecular complexity index is 1200. The Kier molecular flexibility index (Phi) is 12.5. The van der Waals surface area contributed by atoms with Crippen molar-refractivity contribution in [1.82, 2.24) is 5.32 Å². The van der Waals surface area contributed by atoms with E-state index in [4.69, 9.17) is 59.5 Å². The number of hydrogen-bond donors (Lipinski definition) is 2. The third-order valence-electron chi connectivity index (χ3n) is 5.83. The first kappa shape index (κ1) is 30.9. The molecule has 0 fully saturated rings. The number of methoxy groups -OCH3 is 1. The van der Waals surface area contributed by atoms with Gasteiger partial charge in [0, 0.05) is 25.2 Å². The van der Waals surface area contributed by atoms with Crippen molar-refractivity contribution in [3.8, 4) is 17.2 Å². The molecule has 3 N–H and O–H groups in total. The Morgan fingerprint density at radius 3 is 2.13 bits per heavy atom. The highest BCUT2D eigenvalue weighted by atomic mass is 35.5. The van der Waals surface area contributed by atoms with Crippen molar-refractivity contribution in [2.24, 2.45) is 11.7 Å². The molecule has 1 atom stereocenters. The van der Waals surface area contributed by atoms with Crippen LogP contribution in [-0.2, 0) is 22.5 Å². The molecule has 3 aromatic rings. The second-order valence-corrected chi connectivity index (χ2v) is 10.1. The molecule has 0 bridgehead atoms. The van der Waals surface area contributed by atoms with Gasteiger partial charge in [-0.1, -0.05) is 46.9 Å². The van der Waals surface area contributed by atoms with E-state index in [1.54, 1.807) is 31.4 Å². The summed E-state index contributed by atoms with van der Waals surface area (Å²) in [5, 5.41) is 4.41. The average molecular weight is 596 g/mol. The maximum Gasteiger partial charge on any atom is 0.224 e. The first-order valence-electron chi connectivity index (χ1n) is 12.5. The van der Waals surface area contributed by atoms with Crippen LogP contribution >= 0.6 is 34.8 Å². The average Bonchev–Trinajstić information content (AvgIpc) is 2.91. The molecule has 0 spiro atoms. The van der Waals surface area contributed by atoms with Gasteiger partial charge in [0.25, 0.3) is 0 Å². The summed E-state index contributed by atoms with van der Waals surface area (Å²) in [5.74, 6) is 1.24. The monoisotopic (exact) mass is 594 g/mol.